The number of nitrogens with zero attached hydrogens (tertiary/aromatic N) is 3. The Bertz CT molecular complexity index is 2540. The van der Waals surface area contributed by atoms with Crippen molar-refractivity contribution in [2.75, 3.05) is 0 Å². The van der Waals surface area contributed by atoms with Crippen LogP contribution in [0.1, 0.15) is 43.6 Å². The zero-order valence-electron chi connectivity index (χ0n) is 31.8. The van der Waals surface area contributed by atoms with Crippen LogP contribution < -0.4 is 0 Å². The van der Waals surface area contributed by atoms with Gasteiger partial charge in [0.05, 0.1) is 0 Å². The van der Waals surface area contributed by atoms with Gasteiger partial charge in [0.2, 0.25) is 0 Å². The maximum Gasteiger partial charge on any atom is 0.164 e. The highest BCUT2D eigenvalue weighted by Gasteiger charge is 2.44. The molecule has 0 saturated carbocycles. The molecule has 3 nitrogen and oxygen atoms in total. The van der Waals surface area contributed by atoms with Crippen molar-refractivity contribution in [3.8, 4) is 45.0 Å². The maximum absolute atomic E-state index is 5.19. The van der Waals surface area contributed by atoms with Gasteiger partial charge in [0.25, 0.3) is 0 Å². The van der Waals surface area contributed by atoms with Crippen molar-refractivity contribution in [3.63, 3.8) is 0 Å². The van der Waals surface area contributed by atoms with Gasteiger partial charge in [-0.15, -0.1) is 0 Å². The lowest BCUT2D eigenvalue weighted by atomic mass is 9.68. The highest BCUT2D eigenvalue weighted by Crippen LogP contribution is 2.56. The van der Waals surface area contributed by atoms with Crippen molar-refractivity contribution in [2.24, 2.45) is 17.8 Å². The van der Waals surface area contributed by atoms with Crippen LogP contribution >= 0.6 is 0 Å². The van der Waals surface area contributed by atoms with Gasteiger partial charge in [-0.1, -0.05) is 196 Å². The van der Waals surface area contributed by atoms with Gasteiger partial charge in [0, 0.05) is 22.5 Å². The first-order valence-electron chi connectivity index (χ1n) is 19.9. The summed E-state index contributed by atoms with van der Waals surface area (Å²) in [7, 11) is 0. The first-order chi connectivity index (χ1) is 27.5. The van der Waals surface area contributed by atoms with Gasteiger partial charge < -0.3 is 0 Å². The second-order valence-corrected chi connectivity index (χ2v) is 16.0. The highest BCUT2D eigenvalue weighted by molar-refractivity contribution is 5.94. The minimum absolute atomic E-state index is 0.0269. The molecule has 0 radical (unpaired) electrons. The van der Waals surface area contributed by atoms with Crippen molar-refractivity contribution in [1.82, 2.24) is 15.0 Å². The molecule has 270 valence electrons. The van der Waals surface area contributed by atoms with Crippen LogP contribution in [0, 0.1) is 17.8 Å². The van der Waals surface area contributed by atoms with Gasteiger partial charge in [-0.2, -0.15) is 0 Å². The van der Waals surface area contributed by atoms with Crippen LogP contribution in [-0.4, -0.2) is 15.0 Å². The van der Waals surface area contributed by atoms with Crippen LogP contribution in [0.25, 0.3) is 56.2 Å². The second kappa shape index (κ2) is 14.0. The third-order valence-electron chi connectivity index (χ3n) is 12.2. The molecular weight excluding hydrogens is 679 g/mol. The van der Waals surface area contributed by atoms with Crippen LogP contribution in [0.4, 0.5) is 0 Å². The predicted molar refractivity (Wildman–Crippen MR) is 231 cm³/mol. The Morgan fingerprint density at radius 2 is 1.11 bits per heavy atom. The number of rotatable bonds is 7. The molecule has 4 aliphatic carbocycles. The average molecular weight is 722 g/mol. The summed E-state index contributed by atoms with van der Waals surface area (Å²) in [5, 5.41) is 0. The largest absolute Gasteiger partial charge is 0.209 e. The average Bonchev–Trinajstić information content (AvgIpc) is 3.50. The number of allylic oxidation sites excluding steroid dienone is 12. The lowest BCUT2D eigenvalue weighted by Gasteiger charge is -2.36. The Hall–Kier alpha value is -6.45. The zero-order valence-corrected chi connectivity index (χ0v) is 31.8. The predicted octanol–water partition coefficient (Wildman–Crippen LogP) is 12.9. The van der Waals surface area contributed by atoms with E-state index in [1.54, 1.807) is 0 Å². The Morgan fingerprint density at radius 3 is 1.75 bits per heavy atom. The molecule has 3 unspecified atom stereocenters. The molecule has 5 aromatic carbocycles. The van der Waals surface area contributed by atoms with Crippen LogP contribution in [0.5, 0.6) is 0 Å². The van der Waals surface area contributed by atoms with Crippen molar-refractivity contribution in [1.29, 1.82) is 0 Å². The number of aromatic nitrogens is 3. The Morgan fingerprint density at radius 1 is 0.554 bits per heavy atom. The molecule has 0 N–H and O–H groups in total. The van der Waals surface area contributed by atoms with Gasteiger partial charge in [0.1, 0.15) is 0 Å². The Balaban J connectivity index is 0.977. The fourth-order valence-electron chi connectivity index (χ4n) is 9.25. The molecule has 3 heteroatoms. The molecule has 0 fully saturated rings. The third kappa shape index (κ3) is 6.14. The van der Waals surface area contributed by atoms with E-state index in [1.165, 1.54) is 50.1 Å². The molecule has 0 aliphatic heterocycles. The maximum atomic E-state index is 5.19. The summed E-state index contributed by atoms with van der Waals surface area (Å²) < 4.78 is 0. The summed E-state index contributed by atoms with van der Waals surface area (Å²) in [6.45, 7) is 4.79. The molecule has 0 spiro atoms. The molecule has 10 rings (SSSR count). The molecule has 0 amide bonds. The fourth-order valence-corrected chi connectivity index (χ4v) is 9.25. The summed E-state index contributed by atoms with van der Waals surface area (Å²) in [6.07, 6.45) is 20.6. The summed E-state index contributed by atoms with van der Waals surface area (Å²) in [5.41, 5.74) is 15.0. The Kier molecular flexibility index (Phi) is 8.52. The standard InChI is InChI=1S/C53H43N3/c1-53(2)47-23-12-11-22-46(47)49-45-21-10-9-20-44(45)43(34-48(49)53)33-35-14-13-19-42(32-35)52-55-50(40-28-24-38(25-29-40)36-15-5-3-6-16-36)54-51(56-52)41-30-26-39(27-31-41)37-17-7-4-8-18-37/h3-31,34-35,43-44H,32-33H2,1-2H3. The summed E-state index contributed by atoms with van der Waals surface area (Å²) in [6, 6.07) is 47.1. The minimum atomic E-state index is -0.0269. The van der Waals surface area contributed by atoms with Gasteiger partial charge in [-0.3, -0.25) is 0 Å². The van der Waals surface area contributed by atoms with Crippen LogP contribution in [0.15, 0.2) is 193 Å². The Labute approximate surface area is 330 Å². The van der Waals surface area contributed by atoms with E-state index < -0.39 is 0 Å². The number of hydrogen-bond acceptors (Lipinski definition) is 3. The van der Waals surface area contributed by atoms with E-state index in [0.717, 1.165) is 35.4 Å². The van der Waals surface area contributed by atoms with Crippen LogP contribution in [-0.2, 0) is 5.41 Å². The van der Waals surface area contributed by atoms with Gasteiger partial charge in [-0.05, 0) is 80.4 Å². The van der Waals surface area contributed by atoms with Crippen LogP contribution in [0.3, 0.4) is 0 Å². The van der Waals surface area contributed by atoms with Gasteiger partial charge in [0.15, 0.2) is 17.5 Å². The van der Waals surface area contributed by atoms with Crippen molar-refractivity contribution in [2.45, 2.75) is 32.1 Å². The SMILES string of the molecule is CC1(C)C2=CC(CC3C=CC=C(c4nc(-c5ccc(-c6ccccc6)cc5)nc(-c5ccc(-c6ccccc6)cc5)n4)C3)C3C=CC=CC3=C2c2ccccc21. The number of benzene rings is 5. The van der Waals surface area contributed by atoms with Gasteiger partial charge >= 0.3 is 0 Å². The minimum Gasteiger partial charge on any atom is -0.209 e. The lowest BCUT2D eigenvalue weighted by Crippen LogP contribution is -2.25. The van der Waals surface area contributed by atoms with E-state index in [1.807, 2.05) is 12.1 Å². The molecular formula is C53H43N3. The second-order valence-electron chi connectivity index (χ2n) is 16.0. The molecule has 1 aromatic heterocycles. The third-order valence-corrected chi connectivity index (χ3v) is 12.2. The van der Waals surface area contributed by atoms with Crippen molar-refractivity contribution in [3.05, 3.63) is 210 Å². The molecule has 0 bridgehead atoms. The van der Waals surface area contributed by atoms with Gasteiger partial charge in [-0.25, -0.2) is 15.0 Å². The van der Waals surface area contributed by atoms with Crippen molar-refractivity contribution >= 4 is 11.1 Å². The monoisotopic (exact) mass is 721 g/mol. The molecule has 1 heterocycles. The van der Waals surface area contributed by atoms with E-state index in [0.29, 0.717) is 29.4 Å². The summed E-state index contributed by atoms with van der Waals surface area (Å²) in [5.74, 6) is 3.22. The van der Waals surface area contributed by atoms with E-state index in [2.05, 4.69) is 184 Å². The smallest absolute Gasteiger partial charge is 0.164 e. The molecule has 3 atom stereocenters. The highest BCUT2D eigenvalue weighted by atomic mass is 15.0. The number of fused-ring (bicyclic) bond motifs is 4. The topological polar surface area (TPSA) is 38.7 Å². The van der Waals surface area contributed by atoms with Crippen LogP contribution in [0.2, 0.25) is 0 Å². The van der Waals surface area contributed by atoms with Crippen molar-refractivity contribution < 1.29 is 0 Å². The molecule has 6 aromatic rings. The summed E-state index contributed by atoms with van der Waals surface area (Å²) >= 11 is 0. The number of hydrogen-bond donors (Lipinski definition) is 0. The molecule has 4 aliphatic rings. The molecule has 56 heavy (non-hydrogen) atoms. The summed E-state index contributed by atoms with van der Waals surface area (Å²) in [4.78, 5) is 15.5. The van der Waals surface area contributed by atoms with E-state index in [9.17, 15) is 0 Å². The first-order valence-corrected chi connectivity index (χ1v) is 19.9. The fraction of sp³-hybridized carbons (Fsp3) is 0.151. The normalized spacial score (nSPS) is 20.2. The van der Waals surface area contributed by atoms with E-state index in [-0.39, 0.29) is 5.41 Å². The lowest BCUT2D eigenvalue weighted by molar-refractivity contribution is 0.422. The molecule has 0 saturated heterocycles. The zero-order chi connectivity index (χ0) is 37.6. The quantitative estimate of drug-likeness (QED) is 0.165. The van der Waals surface area contributed by atoms with E-state index >= 15 is 0 Å². The first kappa shape index (κ1) is 34.1. The van der Waals surface area contributed by atoms with E-state index in [4.69, 9.17) is 15.0 Å².